The molecule has 3 nitrogen and oxygen atoms in total. The summed E-state index contributed by atoms with van der Waals surface area (Å²) < 4.78 is 31.8. The molecular formula is C15H12F2N2O. The Morgan fingerprint density at radius 3 is 2.75 bits per heavy atom. The van der Waals surface area contributed by atoms with E-state index in [1.165, 1.54) is 19.2 Å². The number of ether oxygens (including phenoxy) is 1. The van der Waals surface area contributed by atoms with Crippen molar-refractivity contribution >= 4 is 5.69 Å². The number of hydrogen-bond acceptors (Lipinski definition) is 3. The highest BCUT2D eigenvalue weighted by Gasteiger charge is 2.09. The molecule has 0 spiro atoms. The average molecular weight is 274 g/mol. The van der Waals surface area contributed by atoms with Crippen molar-refractivity contribution in [3.05, 3.63) is 59.2 Å². The lowest BCUT2D eigenvalue weighted by molar-refractivity contribution is 0.416. The fourth-order valence-corrected chi connectivity index (χ4v) is 1.78. The van der Waals surface area contributed by atoms with E-state index in [4.69, 9.17) is 10.00 Å². The Kier molecular flexibility index (Phi) is 4.16. The van der Waals surface area contributed by atoms with E-state index >= 15 is 0 Å². The number of hydrogen-bond donors (Lipinski definition) is 1. The molecule has 0 aromatic heterocycles. The van der Waals surface area contributed by atoms with Gasteiger partial charge >= 0.3 is 0 Å². The highest BCUT2D eigenvalue weighted by molar-refractivity contribution is 5.59. The first-order valence-electron chi connectivity index (χ1n) is 5.90. The maximum atomic E-state index is 13.5. The van der Waals surface area contributed by atoms with E-state index in [2.05, 4.69) is 5.32 Å². The summed E-state index contributed by atoms with van der Waals surface area (Å²) in [4.78, 5) is 0. The van der Waals surface area contributed by atoms with Crippen LogP contribution in [-0.4, -0.2) is 7.11 Å². The highest BCUT2D eigenvalue weighted by Crippen LogP contribution is 2.26. The largest absolute Gasteiger partial charge is 0.495 e. The molecule has 5 heteroatoms. The van der Waals surface area contributed by atoms with Gasteiger partial charge in [0, 0.05) is 18.2 Å². The van der Waals surface area contributed by atoms with Crippen molar-refractivity contribution in [3.63, 3.8) is 0 Å². The third-order valence-corrected chi connectivity index (χ3v) is 2.83. The predicted octanol–water partition coefficient (Wildman–Crippen LogP) is 3.46. The average Bonchev–Trinajstić information content (AvgIpc) is 2.48. The fourth-order valence-electron chi connectivity index (χ4n) is 1.78. The smallest absolute Gasteiger partial charge is 0.163 e. The number of benzene rings is 2. The maximum absolute atomic E-state index is 13.5. The first-order valence-corrected chi connectivity index (χ1v) is 5.90. The molecule has 0 aliphatic heterocycles. The lowest BCUT2D eigenvalue weighted by Crippen LogP contribution is -2.04. The molecule has 2 aromatic rings. The van der Waals surface area contributed by atoms with Gasteiger partial charge in [0.05, 0.1) is 24.4 Å². The van der Waals surface area contributed by atoms with Crippen LogP contribution in [0.1, 0.15) is 11.1 Å². The van der Waals surface area contributed by atoms with Crippen LogP contribution in [0.3, 0.4) is 0 Å². The number of rotatable bonds is 4. The van der Waals surface area contributed by atoms with Crippen LogP contribution in [0.4, 0.5) is 14.5 Å². The van der Waals surface area contributed by atoms with E-state index in [0.717, 1.165) is 6.07 Å². The van der Waals surface area contributed by atoms with Gasteiger partial charge < -0.3 is 10.1 Å². The first-order chi connectivity index (χ1) is 9.65. The molecule has 0 saturated heterocycles. The molecule has 0 aliphatic carbocycles. The normalized spacial score (nSPS) is 9.90. The van der Waals surface area contributed by atoms with Gasteiger partial charge in [0.1, 0.15) is 5.75 Å². The number of halogens is 2. The van der Waals surface area contributed by atoms with Crippen molar-refractivity contribution in [2.75, 3.05) is 12.4 Å². The zero-order valence-corrected chi connectivity index (χ0v) is 10.8. The molecule has 20 heavy (non-hydrogen) atoms. The molecule has 0 fully saturated rings. The van der Waals surface area contributed by atoms with Crippen LogP contribution in [0.25, 0.3) is 0 Å². The Hall–Kier alpha value is -2.61. The second-order valence-electron chi connectivity index (χ2n) is 4.09. The van der Waals surface area contributed by atoms with E-state index < -0.39 is 11.6 Å². The summed E-state index contributed by atoms with van der Waals surface area (Å²) in [5, 5.41) is 11.8. The van der Waals surface area contributed by atoms with Gasteiger partial charge in [-0.25, -0.2) is 8.78 Å². The van der Waals surface area contributed by atoms with E-state index in [-0.39, 0.29) is 12.1 Å². The summed E-state index contributed by atoms with van der Waals surface area (Å²) in [6, 6.07) is 10.9. The van der Waals surface area contributed by atoms with Crippen LogP contribution in [0, 0.1) is 23.0 Å². The summed E-state index contributed by atoms with van der Waals surface area (Å²) in [6.07, 6.45) is 0. The quantitative estimate of drug-likeness (QED) is 0.928. The topological polar surface area (TPSA) is 45.0 Å². The Balaban J connectivity index is 2.19. The predicted molar refractivity (Wildman–Crippen MR) is 71.4 cm³/mol. The molecule has 1 N–H and O–H groups in total. The van der Waals surface area contributed by atoms with Crippen LogP contribution in [0.2, 0.25) is 0 Å². The minimum Gasteiger partial charge on any atom is -0.495 e. The standard InChI is InChI=1S/C15H12F2N2O/c1-20-14-7-10(8-18)5-6-13(14)19-9-11-3-2-4-12(16)15(11)17/h2-7,19H,9H2,1H3. The van der Waals surface area contributed by atoms with Gasteiger partial charge in [-0.05, 0) is 18.2 Å². The molecule has 0 heterocycles. The van der Waals surface area contributed by atoms with Crippen LogP contribution in [0.15, 0.2) is 36.4 Å². The first kappa shape index (κ1) is 13.8. The van der Waals surface area contributed by atoms with Crippen LogP contribution < -0.4 is 10.1 Å². The van der Waals surface area contributed by atoms with Crippen molar-refractivity contribution in [1.29, 1.82) is 5.26 Å². The van der Waals surface area contributed by atoms with Gasteiger partial charge in [0.2, 0.25) is 0 Å². The van der Waals surface area contributed by atoms with E-state index in [1.54, 1.807) is 18.2 Å². The highest BCUT2D eigenvalue weighted by atomic mass is 19.2. The van der Waals surface area contributed by atoms with E-state index in [0.29, 0.717) is 17.0 Å². The van der Waals surface area contributed by atoms with Gasteiger partial charge in [-0.15, -0.1) is 0 Å². The fraction of sp³-hybridized carbons (Fsp3) is 0.133. The van der Waals surface area contributed by atoms with E-state index in [9.17, 15) is 8.78 Å². The molecule has 0 unspecified atom stereocenters. The van der Waals surface area contributed by atoms with Crippen LogP contribution in [0.5, 0.6) is 5.75 Å². The zero-order chi connectivity index (χ0) is 14.5. The van der Waals surface area contributed by atoms with Gasteiger partial charge in [-0.3, -0.25) is 0 Å². The second-order valence-corrected chi connectivity index (χ2v) is 4.09. The maximum Gasteiger partial charge on any atom is 0.163 e. The van der Waals surface area contributed by atoms with Crippen LogP contribution >= 0.6 is 0 Å². The summed E-state index contributed by atoms with van der Waals surface area (Å²) in [5.74, 6) is -1.27. The number of nitrogens with zero attached hydrogens (tertiary/aromatic N) is 1. The van der Waals surface area contributed by atoms with Crippen molar-refractivity contribution in [2.24, 2.45) is 0 Å². The molecule has 0 aliphatic rings. The van der Waals surface area contributed by atoms with Gasteiger partial charge in [0.15, 0.2) is 11.6 Å². The Bertz CT molecular complexity index is 665. The minimum atomic E-state index is -0.879. The molecule has 2 rings (SSSR count). The molecule has 0 amide bonds. The van der Waals surface area contributed by atoms with Crippen molar-refractivity contribution in [2.45, 2.75) is 6.54 Å². The Labute approximate surface area is 115 Å². The molecule has 2 aromatic carbocycles. The SMILES string of the molecule is COc1cc(C#N)ccc1NCc1cccc(F)c1F. The number of nitriles is 1. The Morgan fingerprint density at radius 2 is 2.05 bits per heavy atom. The molecule has 0 radical (unpaired) electrons. The zero-order valence-electron chi connectivity index (χ0n) is 10.8. The Morgan fingerprint density at radius 1 is 1.25 bits per heavy atom. The number of nitrogens with one attached hydrogen (secondary N) is 1. The van der Waals surface area contributed by atoms with Gasteiger partial charge in [-0.2, -0.15) is 5.26 Å². The summed E-state index contributed by atoms with van der Waals surface area (Å²) in [6.45, 7) is 0.117. The molecule has 102 valence electrons. The monoisotopic (exact) mass is 274 g/mol. The minimum absolute atomic E-state index is 0.117. The van der Waals surface area contributed by atoms with Crippen molar-refractivity contribution < 1.29 is 13.5 Å². The van der Waals surface area contributed by atoms with Crippen molar-refractivity contribution in [3.8, 4) is 11.8 Å². The molecule has 0 atom stereocenters. The summed E-state index contributed by atoms with van der Waals surface area (Å²) in [5.41, 5.74) is 1.29. The summed E-state index contributed by atoms with van der Waals surface area (Å²) >= 11 is 0. The van der Waals surface area contributed by atoms with Gasteiger partial charge in [-0.1, -0.05) is 12.1 Å². The molecule has 0 saturated carbocycles. The second kappa shape index (κ2) is 6.02. The number of anilines is 1. The molecule has 0 bridgehead atoms. The van der Waals surface area contributed by atoms with Crippen LogP contribution in [-0.2, 0) is 6.54 Å². The summed E-state index contributed by atoms with van der Waals surface area (Å²) in [7, 11) is 1.48. The third kappa shape index (κ3) is 2.86. The van der Waals surface area contributed by atoms with Gasteiger partial charge in [0.25, 0.3) is 0 Å². The lowest BCUT2D eigenvalue weighted by atomic mass is 10.1. The lowest BCUT2D eigenvalue weighted by Gasteiger charge is -2.12. The third-order valence-electron chi connectivity index (χ3n) is 2.83. The van der Waals surface area contributed by atoms with Crippen molar-refractivity contribution in [1.82, 2.24) is 0 Å². The molecular weight excluding hydrogens is 262 g/mol. The number of methoxy groups -OCH3 is 1. The van der Waals surface area contributed by atoms with E-state index in [1.807, 2.05) is 6.07 Å².